The van der Waals surface area contributed by atoms with Crippen LogP contribution in [0.2, 0.25) is 0 Å². The fourth-order valence-electron chi connectivity index (χ4n) is 7.73. The van der Waals surface area contributed by atoms with E-state index in [0.717, 1.165) is 6.07 Å². The van der Waals surface area contributed by atoms with Gasteiger partial charge in [0, 0.05) is 52.9 Å². The van der Waals surface area contributed by atoms with Gasteiger partial charge in [-0.1, -0.05) is 26.0 Å². The van der Waals surface area contributed by atoms with Gasteiger partial charge in [-0.15, -0.1) is 0 Å². The highest BCUT2D eigenvalue weighted by atomic mass is 32.2. The minimum atomic E-state index is -5.08. The maximum absolute atomic E-state index is 12.5. The molecular weight excluding hydrogens is 869 g/mol. The molecule has 0 aliphatic carbocycles. The Morgan fingerprint density at radius 3 is 1.93 bits per heavy atom. The Balaban J connectivity index is 1.77. The lowest BCUT2D eigenvalue weighted by Gasteiger charge is -2.27. The normalized spacial score (nSPS) is 19.4. The zero-order valence-corrected chi connectivity index (χ0v) is 34.9. The average molecular weight is 908 g/mol. The van der Waals surface area contributed by atoms with Crippen LogP contribution in [0.1, 0.15) is 55.1 Å². The lowest BCUT2D eigenvalue weighted by Crippen LogP contribution is -2.38. The lowest BCUT2D eigenvalue weighted by atomic mass is 9.80. The van der Waals surface area contributed by atoms with E-state index < -0.39 is 94.4 Å². The Morgan fingerprint density at radius 1 is 0.759 bits per heavy atom. The molecule has 0 amide bonds. The van der Waals surface area contributed by atoms with Crippen LogP contribution in [0.15, 0.2) is 76.2 Å². The van der Waals surface area contributed by atoms with Crippen molar-refractivity contribution in [3.05, 3.63) is 83.1 Å². The summed E-state index contributed by atoms with van der Waals surface area (Å²) in [5.41, 5.74) is -1.62. The summed E-state index contributed by atoms with van der Waals surface area (Å²) in [7, 11) is -23.8. The van der Waals surface area contributed by atoms with Crippen molar-refractivity contribution in [2.75, 3.05) is 35.2 Å². The van der Waals surface area contributed by atoms with Crippen LogP contribution in [0, 0.1) is 0 Å². The number of carboxylic acid groups (broad SMARTS) is 1. The molecule has 1 atom stereocenters. The molecule has 0 saturated heterocycles. The quantitative estimate of drug-likeness (QED) is 0.0943. The molecule has 1 unspecified atom stereocenters. The number of carbonyl (C=O) groups is 1. The molecule has 3 aromatic carbocycles. The summed E-state index contributed by atoms with van der Waals surface area (Å²) in [4.78, 5) is 11.9. The molecule has 0 radical (unpaired) electrons. The maximum atomic E-state index is 12.5. The predicted molar refractivity (Wildman–Crippen MR) is 210 cm³/mol. The minimum absolute atomic E-state index is 0.0296. The largest absolute Gasteiger partial charge is 0.478 e. The van der Waals surface area contributed by atoms with Crippen LogP contribution in [0.4, 0.5) is 11.4 Å². The summed E-state index contributed by atoms with van der Waals surface area (Å²) in [5, 5.41) is 9.58. The third-order valence-corrected chi connectivity index (χ3v) is 14.3. The number of benzene rings is 3. The van der Waals surface area contributed by atoms with Crippen molar-refractivity contribution < 1.29 is 79.3 Å². The Labute approximate surface area is 334 Å². The molecule has 5 rings (SSSR count). The first kappa shape index (κ1) is 45.0. The molecule has 0 bridgehead atoms. The third-order valence-electron chi connectivity index (χ3n) is 10.0. The number of hydrogen-bond donors (Lipinski definition) is 6. The lowest BCUT2D eigenvalue weighted by molar-refractivity contribution is -0.437. The van der Waals surface area contributed by atoms with E-state index in [4.69, 9.17) is 0 Å². The van der Waals surface area contributed by atoms with Crippen LogP contribution >= 0.6 is 0 Å². The summed E-state index contributed by atoms with van der Waals surface area (Å²) in [6.45, 7) is 4.47. The van der Waals surface area contributed by atoms with E-state index in [1.807, 2.05) is 0 Å². The highest BCUT2D eigenvalue weighted by Crippen LogP contribution is 2.52. The standard InChI is InChI=1S/C34H38N2O17S5/c1-33(2)29(36(14-6-16-55(42,43)44)27-12-10-23-24(31(27)33)18-22(57(48,49)50)19-28(23)58(51,52)53)7-4-8-30-34(3,20-56(45,46)47)25-17-21(32(37)38)9-11-26(25)35(30)13-5-15-54(39,40)41/h4,7-12,17-19H,5-6,13-16,20H2,1-3H3,(H5-,37,38,39,40,41,42,43,44,45,46,47,48,49,50,51,52,53)/p+1. The Bertz CT molecular complexity index is 2920. The van der Waals surface area contributed by atoms with Gasteiger partial charge in [0.2, 0.25) is 5.69 Å². The number of nitrogens with zero attached hydrogens (tertiary/aromatic N) is 2. The molecule has 6 N–H and O–H groups in total. The SMILES string of the molecule is CC1(CS(=O)(=O)O)C(/C=C/C=C2/N(CCCS(=O)(=O)O)c3ccc4c(S(=O)(=O)O)cc(S(=O)(=O)O)cc4c3C2(C)C)=[N+](CCCS(=O)(=O)O)c2ccc(C(=O)O)cc21. The number of carboxylic acids is 1. The van der Waals surface area contributed by atoms with E-state index in [9.17, 15) is 74.8 Å². The molecular formula is C34H39N2O17S5+. The zero-order valence-electron chi connectivity index (χ0n) is 30.8. The van der Waals surface area contributed by atoms with Gasteiger partial charge in [0.05, 0.1) is 33.1 Å². The van der Waals surface area contributed by atoms with Gasteiger partial charge in [-0.3, -0.25) is 22.8 Å². The Kier molecular flexibility index (Phi) is 11.8. The number of fused-ring (bicyclic) bond motifs is 4. The average Bonchev–Trinajstić information content (AvgIpc) is 3.40. The molecule has 19 nitrogen and oxygen atoms in total. The topological polar surface area (TPSA) is 315 Å². The first-order valence-electron chi connectivity index (χ1n) is 17.0. The van der Waals surface area contributed by atoms with Crippen molar-refractivity contribution in [1.29, 1.82) is 0 Å². The van der Waals surface area contributed by atoms with E-state index in [1.165, 1.54) is 60.1 Å². The van der Waals surface area contributed by atoms with Crippen LogP contribution in [0.3, 0.4) is 0 Å². The molecule has 58 heavy (non-hydrogen) atoms. The van der Waals surface area contributed by atoms with Crippen molar-refractivity contribution in [1.82, 2.24) is 0 Å². The fraction of sp³-hybridized carbons (Fsp3) is 0.353. The number of rotatable bonds is 15. The molecule has 0 fully saturated rings. The first-order chi connectivity index (χ1) is 26.3. The van der Waals surface area contributed by atoms with Gasteiger partial charge in [-0.25, -0.2) is 4.79 Å². The smallest absolute Gasteiger partial charge is 0.335 e. The Morgan fingerprint density at radius 2 is 1.38 bits per heavy atom. The zero-order chi connectivity index (χ0) is 43.6. The molecule has 0 aromatic heterocycles. The van der Waals surface area contributed by atoms with Crippen LogP contribution < -0.4 is 4.90 Å². The van der Waals surface area contributed by atoms with E-state index in [2.05, 4.69) is 0 Å². The summed E-state index contributed by atoms with van der Waals surface area (Å²) < 4.78 is 172. The molecule has 24 heteroatoms. The number of anilines is 1. The minimum Gasteiger partial charge on any atom is -0.478 e. The van der Waals surface area contributed by atoms with E-state index in [1.54, 1.807) is 18.7 Å². The highest BCUT2D eigenvalue weighted by molar-refractivity contribution is 7.87. The number of aromatic carboxylic acids is 1. The van der Waals surface area contributed by atoms with Gasteiger partial charge in [0.15, 0.2) is 5.71 Å². The van der Waals surface area contributed by atoms with Crippen LogP contribution in [0.25, 0.3) is 10.8 Å². The van der Waals surface area contributed by atoms with Gasteiger partial charge < -0.3 is 10.0 Å². The molecule has 2 aliphatic rings. The van der Waals surface area contributed by atoms with Gasteiger partial charge in [0.25, 0.3) is 50.6 Å². The van der Waals surface area contributed by atoms with Crippen molar-refractivity contribution in [3.8, 4) is 0 Å². The molecule has 2 heterocycles. The van der Waals surface area contributed by atoms with Gasteiger partial charge in [-0.2, -0.15) is 46.7 Å². The van der Waals surface area contributed by atoms with E-state index in [-0.39, 0.29) is 64.8 Å². The summed E-state index contributed by atoms with van der Waals surface area (Å²) in [5.74, 6) is -3.69. The predicted octanol–water partition coefficient (Wildman–Crippen LogP) is 3.07. The van der Waals surface area contributed by atoms with E-state index >= 15 is 0 Å². The second kappa shape index (κ2) is 15.2. The monoisotopic (exact) mass is 907 g/mol. The van der Waals surface area contributed by atoms with Crippen molar-refractivity contribution in [2.24, 2.45) is 0 Å². The van der Waals surface area contributed by atoms with Crippen molar-refractivity contribution in [3.63, 3.8) is 0 Å². The van der Waals surface area contributed by atoms with Gasteiger partial charge in [0.1, 0.15) is 11.4 Å². The number of allylic oxidation sites excluding steroid dienone is 4. The first-order valence-corrected chi connectivity index (χ1v) is 24.7. The molecule has 316 valence electrons. The summed E-state index contributed by atoms with van der Waals surface area (Å²) >= 11 is 0. The van der Waals surface area contributed by atoms with Crippen LogP contribution in [-0.4, -0.2) is 117 Å². The maximum Gasteiger partial charge on any atom is 0.335 e. The third kappa shape index (κ3) is 9.35. The van der Waals surface area contributed by atoms with Crippen molar-refractivity contribution >= 4 is 84.4 Å². The summed E-state index contributed by atoms with van der Waals surface area (Å²) in [6, 6.07) is 8.17. The molecule has 3 aromatic rings. The van der Waals surface area contributed by atoms with Crippen molar-refractivity contribution in [2.45, 2.75) is 54.2 Å². The van der Waals surface area contributed by atoms with Crippen LogP contribution in [0.5, 0.6) is 0 Å². The second-order valence-corrected chi connectivity index (χ2v) is 21.9. The Hall–Kier alpha value is -4.11. The van der Waals surface area contributed by atoms with Crippen LogP contribution in [-0.2, 0) is 61.4 Å². The molecule has 0 saturated carbocycles. The molecule has 2 aliphatic heterocycles. The number of hydrogen-bond acceptors (Lipinski definition) is 12. The van der Waals surface area contributed by atoms with E-state index in [0.29, 0.717) is 17.5 Å². The summed E-state index contributed by atoms with van der Waals surface area (Å²) in [6.07, 6.45) is 4.02. The second-order valence-electron chi connectivity index (χ2n) is 14.5. The van der Waals surface area contributed by atoms with Gasteiger partial charge in [-0.05, 0) is 60.7 Å². The fourth-order valence-corrected chi connectivity index (χ4v) is 11.1. The molecule has 0 spiro atoms. The van der Waals surface area contributed by atoms with Gasteiger partial charge >= 0.3 is 5.97 Å². The highest BCUT2D eigenvalue weighted by Gasteiger charge is 2.51.